The van der Waals surface area contributed by atoms with Crippen LogP contribution in [0.5, 0.6) is 0 Å². The lowest BCUT2D eigenvalue weighted by molar-refractivity contribution is -0.384. The number of hydrogen-bond donors (Lipinski definition) is 2. The molecule has 1 heterocycles. The van der Waals surface area contributed by atoms with Gasteiger partial charge in [-0.05, 0) is 19.3 Å². The van der Waals surface area contributed by atoms with E-state index >= 15 is 0 Å². The second kappa shape index (κ2) is 7.38. The van der Waals surface area contributed by atoms with E-state index in [4.69, 9.17) is 10.5 Å². The molecule has 0 aliphatic rings. The minimum Gasteiger partial charge on any atom is -0.385 e. The van der Waals surface area contributed by atoms with E-state index < -0.39 is 4.92 Å². The fourth-order valence-corrected chi connectivity index (χ4v) is 1.41. The molecule has 1 aromatic heterocycles. The molecular weight excluding hydrogens is 238 g/mol. The van der Waals surface area contributed by atoms with Crippen molar-refractivity contribution in [2.24, 2.45) is 0 Å². The summed E-state index contributed by atoms with van der Waals surface area (Å²) >= 11 is 0. The third kappa shape index (κ3) is 4.50. The van der Waals surface area contributed by atoms with Gasteiger partial charge in [0.1, 0.15) is 6.20 Å². The Morgan fingerprint density at radius 3 is 2.94 bits per heavy atom. The summed E-state index contributed by atoms with van der Waals surface area (Å²) in [5.41, 5.74) is 5.23. The number of nitrogen functional groups attached to an aromatic ring is 1. The van der Waals surface area contributed by atoms with Crippen molar-refractivity contribution in [3.05, 3.63) is 16.3 Å². The van der Waals surface area contributed by atoms with Crippen LogP contribution in [0.15, 0.2) is 6.20 Å². The number of rotatable bonds is 8. The van der Waals surface area contributed by atoms with Crippen LogP contribution in [0.2, 0.25) is 0 Å². The Labute approximate surface area is 105 Å². The smallest absolute Gasteiger partial charge is 0.329 e. The lowest BCUT2D eigenvalue weighted by atomic mass is 10.2. The van der Waals surface area contributed by atoms with E-state index in [9.17, 15) is 10.1 Å². The number of anilines is 2. The van der Waals surface area contributed by atoms with Crippen molar-refractivity contribution in [1.29, 1.82) is 0 Å². The average Bonchev–Trinajstić information content (AvgIpc) is 2.33. The maximum Gasteiger partial charge on any atom is 0.329 e. The van der Waals surface area contributed by atoms with Crippen LogP contribution < -0.4 is 11.1 Å². The van der Waals surface area contributed by atoms with E-state index in [-0.39, 0.29) is 17.5 Å². The second-order valence-corrected chi connectivity index (χ2v) is 3.70. The molecule has 0 saturated carbocycles. The Hall–Kier alpha value is -1.96. The number of nitrogens with zero attached hydrogens (tertiary/aromatic N) is 3. The van der Waals surface area contributed by atoms with Gasteiger partial charge in [0.05, 0.1) is 4.92 Å². The van der Waals surface area contributed by atoms with E-state index in [0.29, 0.717) is 6.54 Å². The fourth-order valence-electron chi connectivity index (χ4n) is 1.41. The molecule has 0 bridgehead atoms. The average molecular weight is 255 g/mol. The van der Waals surface area contributed by atoms with E-state index in [0.717, 1.165) is 32.1 Å². The zero-order chi connectivity index (χ0) is 13.4. The highest BCUT2D eigenvalue weighted by atomic mass is 16.6. The molecule has 0 atom stereocenters. The van der Waals surface area contributed by atoms with Crippen LogP contribution in [0.1, 0.15) is 19.3 Å². The maximum atomic E-state index is 10.7. The third-order valence-electron chi connectivity index (χ3n) is 2.30. The molecule has 0 aromatic carbocycles. The Bertz CT molecular complexity index is 399. The van der Waals surface area contributed by atoms with Gasteiger partial charge in [0.25, 0.3) is 0 Å². The monoisotopic (exact) mass is 255 g/mol. The molecule has 0 aliphatic carbocycles. The molecule has 1 rings (SSSR count). The van der Waals surface area contributed by atoms with Gasteiger partial charge in [0.2, 0.25) is 11.8 Å². The number of aromatic nitrogens is 2. The largest absolute Gasteiger partial charge is 0.385 e. The Morgan fingerprint density at radius 2 is 2.28 bits per heavy atom. The maximum absolute atomic E-state index is 10.7. The van der Waals surface area contributed by atoms with Crippen LogP contribution in [0.4, 0.5) is 17.5 Å². The molecule has 3 N–H and O–H groups in total. The summed E-state index contributed by atoms with van der Waals surface area (Å²) in [5.74, 6) is 0.182. The molecule has 100 valence electrons. The minimum absolute atomic E-state index is 0.0162. The van der Waals surface area contributed by atoms with Crippen molar-refractivity contribution in [2.75, 3.05) is 31.3 Å². The summed E-state index contributed by atoms with van der Waals surface area (Å²) in [6.07, 6.45) is 3.93. The number of nitrogens with one attached hydrogen (secondary N) is 1. The minimum atomic E-state index is -0.535. The molecule has 0 radical (unpaired) electrons. The van der Waals surface area contributed by atoms with Gasteiger partial charge in [-0.25, -0.2) is 4.98 Å². The van der Waals surface area contributed by atoms with Crippen LogP contribution in [0.25, 0.3) is 0 Å². The molecule has 18 heavy (non-hydrogen) atoms. The lowest BCUT2D eigenvalue weighted by Crippen LogP contribution is -2.08. The Balaban J connectivity index is 2.45. The quantitative estimate of drug-likeness (QED) is 0.407. The number of hydrogen-bond acceptors (Lipinski definition) is 7. The Kier molecular flexibility index (Phi) is 5.78. The van der Waals surface area contributed by atoms with E-state index in [1.807, 2.05) is 0 Å². The fraction of sp³-hybridized carbons (Fsp3) is 0.600. The van der Waals surface area contributed by atoms with E-state index in [2.05, 4.69) is 15.3 Å². The van der Waals surface area contributed by atoms with Crippen LogP contribution in [0.3, 0.4) is 0 Å². The first-order valence-corrected chi connectivity index (χ1v) is 5.65. The SMILES string of the molecule is COCCCCCNc1nc(N)ncc1[N+](=O)[O-]. The summed E-state index contributed by atoms with van der Waals surface area (Å²) in [7, 11) is 1.66. The standard InChI is InChI=1S/C10H17N5O3/c1-18-6-4-2-3-5-12-9-8(15(16)17)7-13-10(11)14-9/h7H,2-6H2,1H3,(H3,11,12,13,14). The zero-order valence-electron chi connectivity index (χ0n) is 10.3. The molecule has 0 fully saturated rings. The molecule has 0 spiro atoms. The molecular formula is C10H17N5O3. The van der Waals surface area contributed by atoms with Crippen molar-refractivity contribution in [2.45, 2.75) is 19.3 Å². The number of nitro groups is 1. The summed E-state index contributed by atoms with van der Waals surface area (Å²) in [6.45, 7) is 1.32. The van der Waals surface area contributed by atoms with Gasteiger partial charge in [-0.15, -0.1) is 0 Å². The topological polar surface area (TPSA) is 116 Å². The van der Waals surface area contributed by atoms with Crippen LogP contribution in [-0.4, -0.2) is 35.2 Å². The van der Waals surface area contributed by atoms with Gasteiger partial charge in [0.15, 0.2) is 0 Å². The Morgan fingerprint density at radius 1 is 1.50 bits per heavy atom. The van der Waals surface area contributed by atoms with Crippen molar-refractivity contribution >= 4 is 17.5 Å². The third-order valence-corrected chi connectivity index (χ3v) is 2.30. The first-order valence-electron chi connectivity index (χ1n) is 5.65. The molecule has 8 nitrogen and oxygen atoms in total. The van der Waals surface area contributed by atoms with Crippen molar-refractivity contribution < 1.29 is 9.66 Å². The first kappa shape index (κ1) is 14.1. The second-order valence-electron chi connectivity index (χ2n) is 3.70. The van der Waals surface area contributed by atoms with Gasteiger partial charge >= 0.3 is 5.69 Å². The zero-order valence-corrected chi connectivity index (χ0v) is 10.3. The lowest BCUT2D eigenvalue weighted by Gasteiger charge is -2.06. The van der Waals surface area contributed by atoms with Gasteiger partial charge < -0.3 is 15.8 Å². The predicted molar refractivity (Wildman–Crippen MR) is 67.3 cm³/mol. The number of ether oxygens (including phenoxy) is 1. The van der Waals surface area contributed by atoms with Gasteiger partial charge in [-0.2, -0.15) is 4.98 Å². The van der Waals surface area contributed by atoms with E-state index in [1.54, 1.807) is 7.11 Å². The van der Waals surface area contributed by atoms with Gasteiger partial charge in [-0.1, -0.05) is 0 Å². The molecule has 1 aromatic rings. The van der Waals surface area contributed by atoms with Crippen molar-refractivity contribution in [3.8, 4) is 0 Å². The summed E-state index contributed by atoms with van der Waals surface area (Å²) in [6, 6.07) is 0. The van der Waals surface area contributed by atoms with Crippen molar-refractivity contribution in [3.63, 3.8) is 0 Å². The highest BCUT2D eigenvalue weighted by molar-refractivity contribution is 5.56. The molecule has 0 unspecified atom stereocenters. The molecule has 0 saturated heterocycles. The first-order chi connectivity index (χ1) is 8.65. The van der Waals surface area contributed by atoms with Gasteiger partial charge in [-0.3, -0.25) is 10.1 Å². The predicted octanol–water partition coefficient (Wildman–Crippen LogP) is 1.20. The van der Waals surface area contributed by atoms with E-state index in [1.165, 1.54) is 0 Å². The number of methoxy groups -OCH3 is 1. The molecule has 8 heteroatoms. The molecule has 0 amide bonds. The highest BCUT2D eigenvalue weighted by Gasteiger charge is 2.15. The highest BCUT2D eigenvalue weighted by Crippen LogP contribution is 2.20. The van der Waals surface area contributed by atoms with Crippen molar-refractivity contribution in [1.82, 2.24) is 9.97 Å². The summed E-state index contributed by atoms with van der Waals surface area (Å²) < 4.78 is 4.93. The van der Waals surface area contributed by atoms with Crippen LogP contribution >= 0.6 is 0 Å². The van der Waals surface area contributed by atoms with Crippen LogP contribution in [-0.2, 0) is 4.74 Å². The summed E-state index contributed by atoms with van der Waals surface area (Å²) in [4.78, 5) is 17.6. The number of nitrogens with two attached hydrogens (primary N) is 1. The normalized spacial score (nSPS) is 10.3. The molecule has 0 aliphatic heterocycles. The number of unbranched alkanes of at least 4 members (excludes halogenated alkanes) is 2. The summed E-state index contributed by atoms with van der Waals surface area (Å²) in [5, 5.41) is 13.6. The van der Waals surface area contributed by atoms with Crippen LogP contribution in [0, 0.1) is 10.1 Å². The van der Waals surface area contributed by atoms with Gasteiger partial charge in [0, 0.05) is 20.3 Å².